The van der Waals surface area contributed by atoms with Gasteiger partial charge in [0.2, 0.25) is 0 Å². The Balaban J connectivity index is 1.72. The number of amides is 1. The first-order chi connectivity index (χ1) is 14.6. The van der Waals surface area contributed by atoms with Crippen LogP contribution in [0.25, 0.3) is 17.0 Å². The summed E-state index contributed by atoms with van der Waals surface area (Å²) < 4.78 is 9.07. The maximum atomic E-state index is 13.0. The summed E-state index contributed by atoms with van der Waals surface area (Å²) in [6.07, 6.45) is 7.44. The molecule has 0 saturated carbocycles. The molecule has 0 unspecified atom stereocenters. The van der Waals surface area contributed by atoms with Crippen LogP contribution in [-0.4, -0.2) is 62.0 Å². The van der Waals surface area contributed by atoms with E-state index in [1.165, 1.54) is 0 Å². The molecule has 0 N–H and O–H groups in total. The lowest BCUT2D eigenvalue weighted by Crippen LogP contribution is -2.30. The lowest BCUT2D eigenvalue weighted by Gasteiger charge is -2.15. The van der Waals surface area contributed by atoms with Crippen LogP contribution in [0.4, 0.5) is 0 Å². The number of hydrogen-bond donors (Lipinski definition) is 0. The zero-order valence-electron chi connectivity index (χ0n) is 17.3. The quantitative estimate of drug-likeness (QED) is 0.473. The largest absolute Gasteiger partial charge is 0.383 e. The number of carbonyl (C=O) groups is 1. The molecular weight excluding hydrogens is 380 g/mol. The van der Waals surface area contributed by atoms with Gasteiger partial charge < -0.3 is 14.2 Å². The molecule has 0 fully saturated rings. The van der Waals surface area contributed by atoms with Gasteiger partial charge in [0.1, 0.15) is 11.5 Å². The van der Waals surface area contributed by atoms with Crippen molar-refractivity contribution < 1.29 is 9.53 Å². The zero-order valence-corrected chi connectivity index (χ0v) is 17.3. The second kappa shape index (κ2) is 8.46. The van der Waals surface area contributed by atoms with Gasteiger partial charge in [0.15, 0.2) is 11.5 Å². The van der Waals surface area contributed by atoms with Gasteiger partial charge in [0, 0.05) is 52.0 Å². The number of hydrogen-bond acceptors (Lipinski definition) is 5. The topological polar surface area (TPSA) is 77.5 Å². The smallest absolute Gasteiger partial charge is 0.274 e. The average Bonchev–Trinajstić information content (AvgIpc) is 3.33. The maximum Gasteiger partial charge on any atom is 0.274 e. The molecule has 30 heavy (non-hydrogen) atoms. The van der Waals surface area contributed by atoms with Gasteiger partial charge >= 0.3 is 0 Å². The highest BCUT2D eigenvalue weighted by atomic mass is 16.5. The molecular formula is C22H24N6O2. The first-order valence-corrected chi connectivity index (χ1v) is 9.73. The molecule has 0 aromatic carbocycles. The Hall–Kier alpha value is -3.52. The fourth-order valence-corrected chi connectivity index (χ4v) is 3.35. The minimum Gasteiger partial charge on any atom is -0.383 e. The number of likely N-dealkylation sites (N-methyl/N-ethyl adjacent to an activating group) is 1. The number of carbonyl (C=O) groups excluding carboxylic acids is 1. The summed E-state index contributed by atoms with van der Waals surface area (Å²) in [6, 6.07) is 9.68. The third-order valence-corrected chi connectivity index (χ3v) is 5.04. The number of rotatable bonds is 7. The van der Waals surface area contributed by atoms with Gasteiger partial charge in [-0.05, 0) is 36.8 Å². The molecule has 8 nitrogen and oxygen atoms in total. The average molecular weight is 404 g/mol. The van der Waals surface area contributed by atoms with Gasteiger partial charge in [-0.2, -0.15) is 0 Å². The number of aromatic nitrogens is 5. The highest BCUT2D eigenvalue weighted by Crippen LogP contribution is 2.23. The minimum absolute atomic E-state index is 0.144. The number of aryl methyl sites for hydroxylation is 1. The van der Waals surface area contributed by atoms with Crippen molar-refractivity contribution in [1.29, 1.82) is 0 Å². The number of pyridine rings is 2. The van der Waals surface area contributed by atoms with Gasteiger partial charge in [0.25, 0.3) is 5.91 Å². The Kier molecular flexibility index (Phi) is 5.58. The highest BCUT2D eigenvalue weighted by molar-refractivity contribution is 5.99. The van der Waals surface area contributed by atoms with Crippen molar-refractivity contribution >= 4 is 11.4 Å². The van der Waals surface area contributed by atoms with Crippen molar-refractivity contribution in [3.05, 3.63) is 72.2 Å². The summed E-state index contributed by atoms with van der Waals surface area (Å²) in [5, 5.41) is 0. The van der Waals surface area contributed by atoms with E-state index in [2.05, 4.69) is 9.55 Å². The van der Waals surface area contributed by atoms with Crippen molar-refractivity contribution in [3.8, 4) is 11.5 Å². The first kappa shape index (κ1) is 19.8. The SMILES string of the molecule is COCCN(C)C(=O)c1nc(-c2cn(Cc3ccncc3)c(C)n2)n2ccccc12. The molecule has 0 aliphatic heterocycles. The Morgan fingerprint density at radius 1 is 1.17 bits per heavy atom. The molecule has 4 rings (SSSR count). The van der Waals surface area contributed by atoms with Crippen molar-refractivity contribution in [2.75, 3.05) is 27.3 Å². The summed E-state index contributed by atoms with van der Waals surface area (Å²) >= 11 is 0. The molecule has 0 saturated heterocycles. The van der Waals surface area contributed by atoms with E-state index in [9.17, 15) is 4.79 Å². The van der Waals surface area contributed by atoms with E-state index in [4.69, 9.17) is 14.7 Å². The number of nitrogens with zero attached hydrogens (tertiary/aromatic N) is 6. The number of methoxy groups -OCH3 is 1. The number of ether oxygens (including phenoxy) is 1. The standard InChI is InChI=1S/C22H24N6O2/c1-16-24-18(15-27(16)14-17-7-9-23-10-8-17)21-25-20(19-6-4-5-11-28(19)21)22(29)26(2)12-13-30-3/h4-11,15H,12-14H2,1-3H3. The van der Waals surface area contributed by atoms with Gasteiger partial charge in [0.05, 0.1) is 12.1 Å². The van der Waals surface area contributed by atoms with E-state index >= 15 is 0 Å². The van der Waals surface area contributed by atoms with Crippen LogP contribution in [0.15, 0.2) is 55.1 Å². The van der Waals surface area contributed by atoms with E-state index in [1.807, 2.05) is 54.0 Å². The third-order valence-electron chi connectivity index (χ3n) is 5.04. The molecule has 154 valence electrons. The van der Waals surface area contributed by atoms with E-state index in [1.54, 1.807) is 31.5 Å². The second-order valence-electron chi connectivity index (χ2n) is 7.12. The molecule has 4 aromatic heterocycles. The molecule has 0 atom stereocenters. The molecule has 0 aliphatic rings. The van der Waals surface area contributed by atoms with Crippen LogP contribution in [0.3, 0.4) is 0 Å². The third kappa shape index (κ3) is 3.81. The fraction of sp³-hybridized carbons (Fsp3) is 0.273. The predicted molar refractivity (Wildman–Crippen MR) is 113 cm³/mol. The van der Waals surface area contributed by atoms with Crippen molar-refractivity contribution in [2.24, 2.45) is 0 Å². The van der Waals surface area contributed by atoms with Crippen molar-refractivity contribution in [2.45, 2.75) is 13.5 Å². The fourth-order valence-electron chi connectivity index (χ4n) is 3.35. The molecule has 0 radical (unpaired) electrons. The zero-order chi connectivity index (χ0) is 21.1. The normalized spacial score (nSPS) is 11.2. The molecule has 4 heterocycles. The predicted octanol–water partition coefficient (Wildman–Crippen LogP) is 2.67. The Morgan fingerprint density at radius 2 is 1.97 bits per heavy atom. The lowest BCUT2D eigenvalue weighted by atomic mass is 10.3. The molecule has 1 amide bonds. The van der Waals surface area contributed by atoms with Gasteiger partial charge in [-0.15, -0.1) is 0 Å². The molecule has 0 aliphatic carbocycles. The van der Waals surface area contributed by atoms with Crippen LogP contribution >= 0.6 is 0 Å². The summed E-state index contributed by atoms with van der Waals surface area (Å²) in [5.74, 6) is 1.38. The minimum atomic E-state index is -0.144. The van der Waals surface area contributed by atoms with Crippen LogP contribution < -0.4 is 0 Å². The summed E-state index contributed by atoms with van der Waals surface area (Å²) in [5.41, 5.74) is 3.02. The Bertz CT molecular complexity index is 1170. The maximum absolute atomic E-state index is 13.0. The van der Waals surface area contributed by atoms with Crippen molar-refractivity contribution in [3.63, 3.8) is 0 Å². The first-order valence-electron chi connectivity index (χ1n) is 9.73. The molecule has 0 spiro atoms. The number of imidazole rings is 2. The van der Waals surface area contributed by atoms with Crippen LogP contribution in [0.2, 0.25) is 0 Å². The second-order valence-corrected chi connectivity index (χ2v) is 7.12. The Labute approximate surface area is 174 Å². The van der Waals surface area contributed by atoms with Gasteiger partial charge in [-0.1, -0.05) is 6.07 Å². The lowest BCUT2D eigenvalue weighted by molar-refractivity contribution is 0.0741. The van der Waals surface area contributed by atoms with Crippen LogP contribution in [0.1, 0.15) is 21.9 Å². The molecule has 4 aromatic rings. The summed E-state index contributed by atoms with van der Waals surface area (Å²) in [7, 11) is 3.37. The Morgan fingerprint density at radius 3 is 2.73 bits per heavy atom. The van der Waals surface area contributed by atoms with Gasteiger partial charge in [-0.25, -0.2) is 9.97 Å². The molecule has 0 bridgehead atoms. The van der Waals surface area contributed by atoms with E-state index in [0.717, 1.165) is 22.6 Å². The van der Waals surface area contributed by atoms with Crippen LogP contribution in [0, 0.1) is 6.92 Å². The van der Waals surface area contributed by atoms with Crippen molar-refractivity contribution in [1.82, 2.24) is 28.8 Å². The van der Waals surface area contributed by atoms with E-state index < -0.39 is 0 Å². The van der Waals surface area contributed by atoms with Crippen LogP contribution in [-0.2, 0) is 11.3 Å². The highest BCUT2D eigenvalue weighted by Gasteiger charge is 2.22. The van der Waals surface area contributed by atoms with Crippen LogP contribution in [0.5, 0.6) is 0 Å². The number of fused-ring (bicyclic) bond motifs is 1. The van der Waals surface area contributed by atoms with E-state index in [0.29, 0.717) is 31.2 Å². The molecule has 8 heteroatoms. The van der Waals surface area contributed by atoms with E-state index in [-0.39, 0.29) is 5.91 Å². The summed E-state index contributed by atoms with van der Waals surface area (Å²) in [4.78, 5) is 28.1. The monoisotopic (exact) mass is 404 g/mol. The summed E-state index contributed by atoms with van der Waals surface area (Å²) in [6.45, 7) is 3.62. The van der Waals surface area contributed by atoms with Gasteiger partial charge in [-0.3, -0.25) is 14.2 Å².